The monoisotopic (exact) mass is 238 g/mol. The number of hydrogen-bond donors (Lipinski definition) is 0. The van der Waals surface area contributed by atoms with Gasteiger partial charge in [0.05, 0.1) is 5.38 Å². The summed E-state index contributed by atoms with van der Waals surface area (Å²) < 4.78 is 4.14. The average Bonchev–Trinajstić information content (AvgIpc) is 2.65. The summed E-state index contributed by atoms with van der Waals surface area (Å²) in [7, 11) is 0. The van der Waals surface area contributed by atoms with Crippen LogP contribution >= 0.6 is 23.1 Å². The average molecular weight is 239 g/mol. The van der Waals surface area contributed by atoms with Crippen LogP contribution in [0.3, 0.4) is 0 Å². The fraction of sp³-hybridized carbons (Fsp3) is 0.273. The van der Waals surface area contributed by atoms with Crippen LogP contribution in [0.25, 0.3) is 0 Å². The van der Waals surface area contributed by atoms with Crippen molar-refractivity contribution in [3.63, 3.8) is 0 Å². The Kier molecular flexibility index (Phi) is 3.34. The Morgan fingerprint density at radius 1 is 1.33 bits per heavy atom. The van der Waals surface area contributed by atoms with E-state index in [0.29, 0.717) is 0 Å². The summed E-state index contributed by atoms with van der Waals surface area (Å²) in [5.41, 5.74) is 1.13. The number of hydrogen-bond acceptors (Lipinski definition) is 3. The summed E-state index contributed by atoms with van der Waals surface area (Å²) in [5.74, 6) is 0.826. The molecule has 0 aliphatic heterocycles. The molecule has 0 spiro atoms. The van der Waals surface area contributed by atoms with E-state index in [9.17, 15) is 0 Å². The molecule has 0 amide bonds. The number of nitrogens with zero attached hydrogens (tertiary/aromatic N) is 2. The fourth-order valence-electron chi connectivity index (χ4n) is 1.36. The van der Waals surface area contributed by atoms with Gasteiger partial charge >= 0.3 is 0 Å². The van der Waals surface area contributed by atoms with Gasteiger partial charge in [0.25, 0.3) is 0 Å². The van der Waals surface area contributed by atoms with Crippen LogP contribution < -0.4 is 0 Å². The minimum Gasteiger partial charge on any atom is -0.225 e. The molecule has 0 bridgehead atoms. The molecule has 78 valence electrons. The molecule has 1 atom stereocenters. The second-order valence-corrected chi connectivity index (χ2v) is 4.68. The van der Waals surface area contributed by atoms with E-state index >= 15 is 0 Å². The SMILES string of the molecule is Cc1nsc(CC(Cl)c2ccccc2)n1. The molecule has 0 radical (unpaired) electrons. The molecule has 0 saturated carbocycles. The highest BCUT2D eigenvalue weighted by Gasteiger charge is 2.11. The minimum atomic E-state index is -0.0152. The van der Waals surface area contributed by atoms with E-state index in [1.807, 2.05) is 37.3 Å². The molecule has 1 aromatic heterocycles. The molecule has 1 aromatic carbocycles. The van der Waals surface area contributed by atoms with E-state index in [4.69, 9.17) is 11.6 Å². The van der Waals surface area contributed by atoms with Crippen molar-refractivity contribution in [2.75, 3.05) is 0 Å². The molecule has 2 aromatic rings. The van der Waals surface area contributed by atoms with Crippen LogP contribution in [0.5, 0.6) is 0 Å². The molecular formula is C11H11ClN2S. The Bertz CT molecular complexity index is 427. The molecule has 0 saturated heterocycles. The predicted molar refractivity (Wildman–Crippen MR) is 63.4 cm³/mol. The van der Waals surface area contributed by atoms with E-state index in [2.05, 4.69) is 9.36 Å². The van der Waals surface area contributed by atoms with Crippen molar-refractivity contribution in [2.24, 2.45) is 0 Å². The van der Waals surface area contributed by atoms with Crippen LogP contribution in [0.15, 0.2) is 30.3 Å². The lowest BCUT2D eigenvalue weighted by atomic mass is 10.1. The molecule has 4 heteroatoms. The van der Waals surface area contributed by atoms with Gasteiger partial charge in [-0.3, -0.25) is 0 Å². The third-order valence-corrected chi connectivity index (χ3v) is 3.32. The maximum absolute atomic E-state index is 6.29. The first-order valence-corrected chi connectivity index (χ1v) is 5.95. The Morgan fingerprint density at radius 3 is 2.67 bits per heavy atom. The summed E-state index contributed by atoms with van der Waals surface area (Å²) in [6, 6.07) is 10.0. The van der Waals surface area contributed by atoms with Crippen LogP contribution in [-0.2, 0) is 6.42 Å². The van der Waals surface area contributed by atoms with Crippen molar-refractivity contribution in [3.05, 3.63) is 46.7 Å². The Hall–Kier alpha value is -0.930. The topological polar surface area (TPSA) is 25.8 Å². The lowest BCUT2D eigenvalue weighted by Gasteiger charge is -2.06. The highest BCUT2D eigenvalue weighted by atomic mass is 35.5. The fourth-order valence-corrected chi connectivity index (χ4v) is 2.43. The Morgan fingerprint density at radius 2 is 2.07 bits per heavy atom. The standard InChI is InChI=1S/C11H11ClN2S/c1-8-13-11(15-14-8)7-10(12)9-5-3-2-4-6-9/h2-6,10H,7H2,1H3. The largest absolute Gasteiger partial charge is 0.225 e. The van der Waals surface area contributed by atoms with Gasteiger partial charge in [-0.05, 0) is 24.0 Å². The zero-order valence-electron chi connectivity index (χ0n) is 8.35. The molecule has 0 fully saturated rings. The summed E-state index contributed by atoms with van der Waals surface area (Å²) in [6.07, 6.45) is 0.747. The first-order valence-electron chi connectivity index (χ1n) is 4.74. The summed E-state index contributed by atoms with van der Waals surface area (Å²) >= 11 is 7.72. The van der Waals surface area contributed by atoms with Crippen molar-refractivity contribution in [1.82, 2.24) is 9.36 Å². The molecule has 1 unspecified atom stereocenters. The van der Waals surface area contributed by atoms with E-state index in [1.54, 1.807) is 0 Å². The van der Waals surface area contributed by atoms with Crippen LogP contribution in [0, 0.1) is 6.92 Å². The molecule has 2 rings (SSSR count). The maximum atomic E-state index is 6.29. The zero-order valence-corrected chi connectivity index (χ0v) is 9.92. The van der Waals surface area contributed by atoms with Gasteiger partial charge in [0, 0.05) is 6.42 Å². The maximum Gasteiger partial charge on any atom is 0.139 e. The van der Waals surface area contributed by atoms with Gasteiger partial charge in [0.2, 0.25) is 0 Å². The quantitative estimate of drug-likeness (QED) is 0.767. The van der Waals surface area contributed by atoms with Gasteiger partial charge in [-0.2, -0.15) is 4.37 Å². The smallest absolute Gasteiger partial charge is 0.139 e. The van der Waals surface area contributed by atoms with Crippen LogP contribution in [-0.4, -0.2) is 9.36 Å². The van der Waals surface area contributed by atoms with Gasteiger partial charge in [-0.1, -0.05) is 30.3 Å². The van der Waals surface area contributed by atoms with Gasteiger partial charge in [0.1, 0.15) is 10.8 Å². The highest BCUT2D eigenvalue weighted by molar-refractivity contribution is 7.05. The predicted octanol–water partition coefficient (Wildman–Crippen LogP) is 3.37. The third-order valence-electron chi connectivity index (χ3n) is 2.08. The van der Waals surface area contributed by atoms with Gasteiger partial charge < -0.3 is 0 Å². The van der Waals surface area contributed by atoms with E-state index < -0.39 is 0 Å². The molecule has 15 heavy (non-hydrogen) atoms. The van der Waals surface area contributed by atoms with Crippen molar-refractivity contribution in [3.8, 4) is 0 Å². The molecule has 1 heterocycles. The van der Waals surface area contributed by atoms with Crippen LogP contribution in [0.2, 0.25) is 0 Å². The zero-order chi connectivity index (χ0) is 10.7. The first-order chi connectivity index (χ1) is 7.25. The van der Waals surface area contributed by atoms with Gasteiger partial charge in [-0.25, -0.2) is 4.98 Å². The Balaban J connectivity index is 2.07. The summed E-state index contributed by atoms with van der Waals surface area (Å²) in [5, 5.41) is 0.981. The first kappa shape index (κ1) is 10.6. The number of alkyl halides is 1. The van der Waals surface area contributed by atoms with Crippen molar-refractivity contribution >= 4 is 23.1 Å². The summed E-state index contributed by atoms with van der Waals surface area (Å²) in [4.78, 5) is 4.30. The van der Waals surface area contributed by atoms with Gasteiger partial charge in [-0.15, -0.1) is 11.6 Å². The number of halogens is 1. The van der Waals surface area contributed by atoms with Crippen molar-refractivity contribution in [1.29, 1.82) is 0 Å². The van der Waals surface area contributed by atoms with E-state index in [0.717, 1.165) is 22.8 Å². The highest BCUT2D eigenvalue weighted by Crippen LogP contribution is 2.25. The molecule has 0 aliphatic carbocycles. The second kappa shape index (κ2) is 4.73. The van der Waals surface area contributed by atoms with Crippen LogP contribution in [0.1, 0.15) is 21.8 Å². The minimum absolute atomic E-state index is 0.0152. The van der Waals surface area contributed by atoms with Gasteiger partial charge in [0.15, 0.2) is 0 Å². The van der Waals surface area contributed by atoms with Crippen molar-refractivity contribution < 1.29 is 0 Å². The van der Waals surface area contributed by atoms with Crippen LogP contribution in [0.4, 0.5) is 0 Å². The number of benzene rings is 1. The number of rotatable bonds is 3. The molecule has 2 nitrogen and oxygen atoms in total. The second-order valence-electron chi connectivity index (χ2n) is 3.32. The van der Waals surface area contributed by atoms with E-state index in [-0.39, 0.29) is 5.38 Å². The molecule has 0 aliphatic rings. The number of aromatic nitrogens is 2. The normalized spacial score (nSPS) is 12.7. The summed E-state index contributed by atoms with van der Waals surface area (Å²) in [6.45, 7) is 1.89. The number of aryl methyl sites for hydroxylation is 1. The third kappa shape index (κ3) is 2.76. The van der Waals surface area contributed by atoms with E-state index in [1.165, 1.54) is 11.5 Å². The lowest BCUT2D eigenvalue weighted by molar-refractivity contribution is 0.899. The molecule has 0 N–H and O–H groups in total. The Labute approximate surface area is 98.1 Å². The van der Waals surface area contributed by atoms with Crippen molar-refractivity contribution in [2.45, 2.75) is 18.7 Å². The lowest BCUT2D eigenvalue weighted by Crippen LogP contribution is -1.95. The molecular weight excluding hydrogens is 228 g/mol.